The van der Waals surface area contributed by atoms with Crippen molar-refractivity contribution in [3.63, 3.8) is 0 Å². The highest BCUT2D eigenvalue weighted by Gasteiger charge is 2.17. The molecule has 0 aliphatic carbocycles. The van der Waals surface area contributed by atoms with Crippen molar-refractivity contribution >= 4 is 5.91 Å². The maximum absolute atomic E-state index is 12.4. The molecule has 6 heteroatoms. The third-order valence-electron chi connectivity index (χ3n) is 2.82. The molecule has 0 heterocycles. The van der Waals surface area contributed by atoms with Gasteiger partial charge in [0.15, 0.2) is 11.5 Å². The molecule has 6 nitrogen and oxygen atoms in total. The van der Waals surface area contributed by atoms with Crippen LogP contribution in [-0.4, -0.2) is 60.5 Å². The van der Waals surface area contributed by atoms with Gasteiger partial charge in [0.05, 0.1) is 26.4 Å². The minimum Gasteiger partial charge on any atom is -0.490 e. The monoisotopic (exact) mass is 297 g/mol. The average molecular weight is 297 g/mol. The molecule has 0 unspecified atom stereocenters. The number of benzene rings is 1. The molecule has 2 N–H and O–H groups in total. The fraction of sp³-hybridized carbons (Fsp3) is 0.533. The van der Waals surface area contributed by atoms with Crippen molar-refractivity contribution in [3.8, 4) is 11.5 Å². The number of hydrogen-bond acceptors (Lipinski definition) is 5. The van der Waals surface area contributed by atoms with Crippen LogP contribution in [0, 0.1) is 0 Å². The molecule has 1 aromatic carbocycles. The predicted molar refractivity (Wildman–Crippen MR) is 78.9 cm³/mol. The molecule has 1 amide bonds. The van der Waals surface area contributed by atoms with Gasteiger partial charge in [0.2, 0.25) is 0 Å². The molecule has 118 valence electrons. The molecule has 0 aromatic heterocycles. The van der Waals surface area contributed by atoms with Gasteiger partial charge in [-0.05, 0) is 32.0 Å². The van der Waals surface area contributed by atoms with E-state index in [1.165, 1.54) is 4.90 Å². The number of nitrogens with zero attached hydrogens (tertiary/aromatic N) is 1. The van der Waals surface area contributed by atoms with Crippen molar-refractivity contribution in [3.05, 3.63) is 23.8 Å². The summed E-state index contributed by atoms with van der Waals surface area (Å²) in [7, 11) is 0. The van der Waals surface area contributed by atoms with E-state index in [-0.39, 0.29) is 32.2 Å². The molecule has 1 rings (SSSR count). The highest BCUT2D eigenvalue weighted by Crippen LogP contribution is 2.29. The van der Waals surface area contributed by atoms with Crippen molar-refractivity contribution in [2.24, 2.45) is 0 Å². The lowest BCUT2D eigenvalue weighted by Crippen LogP contribution is -2.35. The molecular formula is C15H23NO5. The third-order valence-corrected chi connectivity index (χ3v) is 2.82. The van der Waals surface area contributed by atoms with Crippen molar-refractivity contribution in [1.29, 1.82) is 0 Å². The fourth-order valence-electron chi connectivity index (χ4n) is 1.92. The van der Waals surface area contributed by atoms with E-state index in [0.29, 0.717) is 30.3 Å². The summed E-state index contributed by atoms with van der Waals surface area (Å²) in [6.45, 7) is 4.76. The first-order valence-corrected chi connectivity index (χ1v) is 7.08. The molecule has 0 radical (unpaired) electrons. The second-order valence-corrected chi connectivity index (χ2v) is 4.27. The van der Waals surface area contributed by atoms with Gasteiger partial charge < -0.3 is 24.6 Å². The van der Waals surface area contributed by atoms with Crippen LogP contribution < -0.4 is 9.47 Å². The third kappa shape index (κ3) is 4.91. The minimum atomic E-state index is -0.262. The molecule has 21 heavy (non-hydrogen) atoms. The molecule has 0 aliphatic heterocycles. The molecule has 1 aromatic rings. The molecule has 0 fully saturated rings. The number of ether oxygens (including phenoxy) is 2. The number of rotatable bonds is 9. The first-order chi connectivity index (χ1) is 10.2. The van der Waals surface area contributed by atoms with Crippen molar-refractivity contribution < 1.29 is 24.5 Å². The highest BCUT2D eigenvalue weighted by molar-refractivity contribution is 5.95. The second-order valence-electron chi connectivity index (χ2n) is 4.27. The van der Waals surface area contributed by atoms with E-state index in [1.54, 1.807) is 18.2 Å². The lowest BCUT2D eigenvalue weighted by Gasteiger charge is -2.21. The fourth-order valence-corrected chi connectivity index (χ4v) is 1.92. The van der Waals surface area contributed by atoms with Gasteiger partial charge in [-0.3, -0.25) is 4.79 Å². The van der Waals surface area contributed by atoms with Crippen molar-refractivity contribution in [2.45, 2.75) is 13.8 Å². The Morgan fingerprint density at radius 2 is 1.62 bits per heavy atom. The number of carbonyl (C=O) groups excluding carboxylic acids is 1. The van der Waals surface area contributed by atoms with Crippen LogP contribution in [-0.2, 0) is 0 Å². The van der Waals surface area contributed by atoms with Gasteiger partial charge in [-0.25, -0.2) is 0 Å². The maximum Gasteiger partial charge on any atom is 0.254 e. The van der Waals surface area contributed by atoms with Gasteiger partial charge >= 0.3 is 0 Å². The Kier molecular flexibility index (Phi) is 7.56. The summed E-state index contributed by atoms with van der Waals surface area (Å²) in [5, 5.41) is 18.0. The lowest BCUT2D eigenvalue weighted by atomic mass is 10.1. The van der Waals surface area contributed by atoms with Crippen LogP contribution in [0.25, 0.3) is 0 Å². The van der Waals surface area contributed by atoms with E-state index in [1.807, 2.05) is 13.8 Å². The molecule has 0 atom stereocenters. The Labute approximate surface area is 124 Å². The van der Waals surface area contributed by atoms with Crippen LogP contribution in [0.5, 0.6) is 11.5 Å². The SMILES string of the molecule is CCOc1ccc(C(=O)N(CCO)CCO)cc1OCC. The van der Waals surface area contributed by atoms with E-state index < -0.39 is 0 Å². The molecule has 0 aliphatic rings. The van der Waals surface area contributed by atoms with E-state index in [0.717, 1.165) is 0 Å². The van der Waals surface area contributed by atoms with Gasteiger partial charge in [0.1, 0.15) is 0 Å². The van der Waals surface area contributed by atoms with Gasteiger partial charge in [-0.1, -0.05) is 0 Å². The Morgan fingerprint density at radius 1 is 1.05 bits per heavy atom. The Balaban J connectivity index is 3.00. The molecule has 0 saturated heterocycles. The minimum absolute atomic E-state index is 0.152. The first-order valence-electron chi connectivity index (χ1n) is 7.08. The standard InChI is InChI=1S/C15H23NO5/c1-3-20-13-6-5-12(11-14(13)21-4-2)15(19)16(7-9-17)8-10-18/h5-6,11,17-18H,3-4,7-10H2,1-2H3. The summed E-state index contributed by atoms with van der Waals surface area (Å²) in [4.78, 5) is 13.8. The Hall–Kier alpha value is -1.79. The zero-order chi connectivity index (χ0) is 15.7. The summed E-state index contributed by atoms with van der Waals surface area (Å²) in [5.74, 6) is 0.840. The predicted octanol–water partition coefficient (Wildman–Crippen LogP) is 0.911. The Bertz CT molecular complexity index is 444. The summed E-state index contributed by atoms with van der Waals surface area (Å²) in [6, 6.07) is 4.97. The number of carbonyl (C=O) groups is 1. The quantitative estimate of drug-likeness (QED) is 0.708. The van der Waals surface area contributed by atoms with Crippen molar-refractivity contribution in [1.82, 2.24) is 4.90 Å². The molecule has 0 saturated carbocycles. The van der Waals surface area contributed by atoms with E-state index in [4.69, 9.17) is 19.7 Å². The van der Waals surface area contributed by atoms with Gasteiger partial charge in [-0.15, -0.1) is 0 Å². The van der Waals surface area contributed by atoms with E-state index in [9.17, 15) is 4.79 Å². The van der Waals surface area contributed by atoms with Crippen LogP contribution in [0.15, 0.2) is 18.2 Å². The summed E-state index contributed by atoms with van der Waals surface area (Å²) < 4.78 is 10.9. The Morgan fingerprint density at radius 3 is 2.14 bits per heavy atom. The largest absolute Gasteiger partial charge is 0.490 e. The number of hydrogen-bond donors (Lipinski definition) is 2. The number of amides is 1. The van der Waals surface area contributed by atoms with Crippen LogP contribution in [0.1, 0.15) is 24.2 Å². The normalized spacial score (nSPS) is 10.3. The number of aliphatic hydroxyl groups is 2. The average Bonchev–Trinajstić information content (AvgIpc) is 2.48. The summed E-state index contributed by atoms with van der Waals surface area (Å²) in [5.41, 5.74) is 0.434. The zero-order valence-corrected chi connectivity index (χ0v) is 12.5. The second kappa shape index (κ2) is 9.20. The number of aliphatic hydroxyl groups excluding tert-OH is 2. The molecule has 0 spiro atoms. The van der Waals surface area contributed by atoms with Crippen molar-refractivity contribution in [2.75, 3.05) is 39.5 Å². The molecule has 0 bridgehead atoms. The zero-order valence-electron chi connectivity index (χ0n) is 12.5. The molecular weight excluding hydrogens is 274 g/mol. The van der Waals surface area contributed by atoms with Crippen LogP contribution >= 0.6 is 0 Å². The smallest absolute Gasteiger partial charge is 0.254 e. The van der Waals surface area contributed by atoms with Crippen LogP contribution in [0.2, 0.25) is 0 Å². The first kappa shape index (κ1) is 17.3. The van der Waals surface area contributed by atoms with E-state index >= 15 is 0 Å². The van der Waals surface area contributed by atoms with Gasteiger partial charge in [0, 0.05) is 18.7 Å². The highest BCUT2D eigenvalue weighted by atomic mass is 16.5. The summed E-state index contributed by atoms with van der Waals surface area (Å²) in [6.07, 6.45) is 0. The van der Waals surface area contributed by atoms with Crippen LogP contribution in [0.3, 0.4) is 0 Å². The van der Waals surface area contributed by atoms with Gasteiger partial charge in [-0.2, -0.15) is 0 Å². The topological polar surface area (TPSA) is 79.2 Å². The lowest BCUT2D eigenvalue weighted by molar-refractivity contribution is 0.0684. The van der Waals surface area contributed by atoms with Crippen LogP contribution in [0.4, 0.5) is 0 Å². The van der Waals surface area contributed by atoms with E-state index in [2.05, 4.69) is 0 Å². The van der Waals surface area contributed by atoms with Gasteiger partial charge in [0.25, 0.3) is 5.91 Å². The summed E-state index contributed by atoms with van der Waals surface area (Å²) >= 11 is 0. The maximum atomic E-state index is 12.4.